The Morgan fingerprint density at radius 1 is 1.12 bits per heavy atom. The van der Waals surface area contributed by atoms with E-state index < -0.39 is 46.8 Å². The maximum Gasteiger partial charge on any atom is 0.347 e. The first-order chi connectivity index (χ1) is 14.9. The fraction of sp³-hybridized carbons (Fsp3) is 0.421. The molecule has 0 aliphatic heterocycles. The van der Waals surface area contributed by atoms with Gasteiger partial charge in [-0.2, -0.15) is 0 Å². The predicted octanol–water partition coefficient (Wildman–Crippen LogP) is 1.52. The predicted molar refractivity (Wildman–Crippen MR) is 114 cm³/mol. The largest absolute Gasteiger partial charge is 0.477 e. The van der Waals surface area contributed by atoms with E-state index in [2.05, 4.69) is 4.74 Å². The topological polar surface area (TPSA) is 111 Å². The minimum absolute atomic E-state index is 0.0559. The fourth-order valence-electron chi connectivity index (χ4n) is 2.59. The monoisotopic (exact) mass is 489 g/mol. The molecular formula is C19H21ClFN3O7S. The van der Waals surface area contributed by atoms with Gasteiger partial charge in [0, 0.05) is 20.2 Å². The Hall–Kier alpha value is -2.99. The van der Waals surface area contributed by atoms with Gasteiger partial charge in [0.2, 0.25) is 0 Å². The molecule has 2 aromatic rings. The molecule has 2 rings (SSSR count). The van der Waals surface area contributed by atoms with Gasteiger partial charge in [-0.3, -0.25) is 13.9 Å². The lowest BCUT2D eigenvalue weighted by atomic mass is 10.2. The number of rotatable bonds is 7. The lowest BCUT2D eigenvalue weighted by molar-refractivity contribution is -0.156. The van der Waals surface area contributed by atoms with Gasteiger partial charge in [0.1, 0.15) is 18.2 Å². The highest BCUT2D eigenvalue weighted by atomic mass is 35.5. The summed E-state index contributed by atoms with van der Waals surface area (Å²) in [5, 5.41) is -0.206. The van der Waals surface area contributed by atoms with Crippen molar-refractivity contribution in [3.63, 3.8) is 0 Å². The molecule has 13 heteroatoms. The number of hydrogen-bond donors (Lipinski definition) is 0. The molecule has 0 bridgehead atoms. The number of halogens is 2. The summed E-state index contributed by atoms with van der Waals surface area (Å²) in [5.74, 6) is -3.21. The summed E-state index contributed by atoms with van der Waals surface area (Å²) in [4.78, 5) is 48.7. The SMILES string of the molecule is COC(=O)C(C)COC(=O)C(C)Oc1cc(-n2c(=O)n(C)c(=S)n(C)c2=O)c(F)cc1Cl. The molecular weight excluding hydrogens is 469 g/mol. The van der Waals surface area contributed by atoms with E-state index in [-0.39, 0.29) is 22.2 Å². The van der Waals surface area contributed by atoms with Gasteiger partial charge in [0.05, 0.1) is 23.7 Å². The van der Waals surface area contributed by atoms with Crippen molar-refractivity contribution in [3.05, 3.63) is 48.7 Å². The van der Waals surface area contributed by atoms with E-state index in [0.29, 0.717) is 4.57 Å². The van der Waals surface area contributed by atoms with Crippen LogP contribution in [-0.2, 0) is 33.2 Å². The number of carbonyl (C=O) groups is 2. The molecule has 32 heavy (non-hydrogen) atoms. The van der Waals surface area contributed by atoms with Crippen LogP contribution in [0.15, 0.2) is 21.7 Å². The second-order valence-corrected chi connectivity index (χ2v) is 7.62. The summed E-state index contributed by atoms with van der Waals surface area (Å²) in [5.41, 5.74) is -2.20. The molecule has 2 unspecified atom stereocenters. The van der Waals surface area contributed by atoms with Crippen molar-refractivity contribution < 1.29 is 28.2 Å². The number of ether oxygens (including phenoxy) is 3. The van der Waals surface area contributed by atoms with Crippen molar-refractivity contribution in [3.8, 4) is 11.4 Å². The third kappa shape index (κ3) is 5.07. The maximum absolute atomic E-state index is 14.6. The number of methoxy groups -OCH3 is 1. The van der Waals surface area contributed by atoms with Crippen LogP contribution >= 0.6 is 23.8 Å². The van der Waals surface area contributed by atoms with Gasteiger partial charge in [-0.05, 0) is 32.1 Å². The summed E-state index contributed by atoms with van der Waals surface area (Å²) in [6.45, 7) is 2.62. The molecule has 0 fully saturated rings. The van der Waals surface area contributed by atoms with E-state index >= 15 is 0 Å². The molecule has 10 nitrogen and oxygen atoms in total. The standard InChI is InChI=1S/C19H21ClFN3O7S/c1-9(15(25)29-5)8-30-16(26)10(2)31-14-7-13(12(21)6-11(14)20)24-17(27)22(3)19(32)23(4)18(24)28/h6-7,9-10H,8H2,1-5H3. The molecule has 174 valence electrons. The molecule has 1 aromatic carbocycles. The van der Waals surface area contributed by atoms with Crippen molar-refractivity contribution in [1.29, 1.82) is 0 Å². The zero-order chi connectivity index (χ0) is 24.3. The van der Waals surface area contributed by atoms with E-state index in [1.165, 1.54) is 35.1 Å². The van der Waals surface area contributed by atoms with Crippen LogP contribution in [0.1, 0.15) is 13.8 Å². The van der Waals surface area contributed by atoms with E-state index in [9.17, 15) is 23.6 Å². The van der Waals surface area contributed by atoms with E-state index in [4.69, 9.17) is 33.3 Å². The number of nitrogens with zero attached hydrogens (tertiary/aromatic N) is 3. The normalized spacial score (nSPS) is 12.7. The first kappa shape index (κ1) is 25.3. The quantitative estimate of drug-likeness (QED) is 0.425. The number of esters is 2. The number of benzene rings is 1. The van der Waals surface area contributed by atoms with Crippen LogP contribution in [0.5, 0.6) is 5.75 Å². The molecule has 0 saturated carbocycles. The summed E-state index contributed by atoms with van der Waals surface area (Å²) >= 11 is 11.0. The fourth-order valence-corrected chi connectivity index (χ4v) is 2.94. The van der Waals surface area contributed by atoms with Gasteiger partial charge in [-0.1, -0.05) is 11.6 Å². The van der Waals surface area contributed by atoms with Crippen LogP contribution in [-0.4, -0.2) is 45.5 Å². The molecule has 0 aliphatic carbocycles. The molecule has 2 atom stereocenters. The van der Waals surface area contributed by atoms with E-state index in [1.54, 1.807) is 0 Å². The van der Waals surface area contributed by atoms with Crippen molar-refractivity contribution in [1.82, 2.24) is 13.7 Å². The molecule has 1 heterocycles. The van der Waals surface area contributed by atoms with Crippen molar-refractivity contribution >= 4 is 35.8 Å². The van der Waals surface area contributed by atoms with Crippen LogP contribution in [0.2, 0.25) is 5.02 Å². The van der Waals surface area contributed by atoms with E-state index in [1.807, 2.05) is 0 Å². The van der Waals surface area contributed by atoms with E-state index in [0.717, 1.165) is 21.3 Å². The van der Waals surface area contributed by atoms with Crippen LogP contribution in [0.3, 0.4) is 0 Å². The molecule has 0 N–H and O–H groups in total. The Kier molecular flexibility index (Phi) is 7.97. The lowest BCUT2D eigenvalue weighted by Crippen LogP contribution is -2.43. The van der Waals surface area contributed by atoms with Gasteiger partial charge < -0.3 is 14.2 Å². The summed E-state index contributed by atoms with van der Waals surface area (Å²) in [7, 11) is 3.87. The minimum Gasteiger partial charge on any atom is -0.477 e. The number of aromatic nitrogens is 3. The number of carbonyl (C=O) groups excluding carboxylic acids is 2. The second-order valence-electron chi connectivity index (χ2n) is 6.85. The van der Waals surface area contributed by atoms with Crippen LogP contribution < -0.4 is 16.1 Å². The van der Waals surface area contributed by atoms with Gasteiger partial charge >= 0.3 is 23.3 Å². The van der Waals surface area contributed by atoms with Crippen LogP contribution in [0.25, 0.3) is 5.69 Å². The second kappa shape index (κ2) is 10.1. The van der Waals surface area contributed by atoms with Crippen molar-refractivity contribution in [2.24, 2.45) is 20.0 Å². The first-order valence-corrected chi connectivity index (χ1v) is 9.98. The van der Waals surface area contributed by atoms with Gasteiger partial charge in [-0.25, -0.2) is 23.3 Å². The highest BCUT2D eigenvalue weighted by Gasteiger charge is 2.23. The Morgan fingerprint density at radius 2 is 1.69 bits per heavy atom. The number of hydrogen-bond acceptors (Lipinski definition) is 8. The summed E-state index contributed by atoms with van der Waals surface area (Å²) < 4.78 is 32.2. The third-order valence-corrected chi connectivity index (χ3v) is 5.33. The average molecular weight is 490 g/mol. The third-order valence-electron chi connectivity index (χ3n) is 4.49. The summed E-state index contributed by atoms with van der Waals surface area (Å²) in [6.07, 6.45) is -1.21. The zero-order valence-electron chi connectivity index (χ0n) is 17.9. The molecule has 0 aliphatic rings. The maximum atomic E-state index is 14.6. The summed E-state index contributed by atoms with van der Waals surface area (Å²) in [6, 6.07) is 1.86. The Bertz CT molecular complexity index is 1200. The highest BCUT2D eigenvalue weighted by molar-refractivity contribution is 7.71. The van der Waals surface area contributed by atoms with Gasteiger partial charge in [-0.15, -0.1) is 0 Å². The Balaban J connectivity index is 2.38. The highest BCUT2D eigenvalue weighted by Crippen LogP contribution is 2.30. The van der Waals surface area contributed by atoms with Gasteiger partial charge in [0.25, 0.3) is 0 Å². The lowest BCUT2D eigenvalue weighted by Gasteiger charge is -2.18. The van der Waals surface area contributed by atoms with Crippen LogP contribution in [0, 0.1) is 16.5 Å². The van der Waals surface area contributed by atoms with Crippen LogP contribution in [0.4, 0.5) is 4.39 Å². The molecule has 0 radical (unpaired) electrons. The van der Waals surface area contributed by atoms with Gasteiger partial charge in [0.15, 0.2) is 10.9 Å². The smallest absolute Gasteiger partial charge is 0.347 e. The average Bonchev–Trinajstić information content (AvgIpc) is 2.76. The Labute approximate surface area is 191 Å². The molecule has 1 aromatic heterocycles. The van der Waals surface area contributed by atoms with Crippen molar-refractivity contribution in [2.45, 2.75) is 20.0 Å². The Morgan fingerprint density at radius 3 is 2.22 bits per heavy atom. The van der Waals surface area contributed by atoms with Crippen molar-refractivity contribution in [2.75, 3.05) is 13.7 Å². The first-order valence-electron chi connectivity index (χ1n) is 9.20. The molecule has 0 saturated heterocycles. The minimum atomic E-state index is -1.21. The molecule has 0 spiro atoms. The molecule has 0 amide bonds. The zero-order valence-corrected chi connectivity index (χ0v) is 19.5.